The maximum absolute atomic E-state index is 5.65. The van der Waals surface area contributed by atoms with Crippen LogP contribution in [0.4, 0.5) is 0 Å². The van der Waals surface area contributed by atoms with Gasteiger partial charge in [0.1, 0.15) is 0 Å². The van der Waals surface area contributed by atoms with Gasteiger partial charge in [-0.3, -0.25) is 0 Å². The second-order valence-electron chi connectivity index (χ2n) is 4.08. The lowest BCUT2D eigenvalue weighted by atomic mass is 10.0. The van der Waals surface area contributed by atoms with Crippen molar-refractivity contribution in [3.63, 3.8) is 0 Å². The predicted octanol–water partition coefficient (Wildman–Crippen LogP) is 1.99. The van der Waals surface area contributed by atoms with Crippen molar-refractivity contribution in [3.05, 3.63) is 47.3 Å². The summed E-state index contributed by atoms with van der Waals surface area (Å²) in [5.41, 5.74) is 10.6. The highest BCUT2D eigenvalue weighted by molar-refractivity contribution is 5.49. The molecule has 1 aromatic carbocycles. The fourth-order valence-electron chi connectivity index (χ4n) is 2.12. The molecule has 2 rings (SSSR count). The number of hydrogen-bond acceptors (Lipinski definition) is 2. The Morgan fingerprint density at radius 1 is 1.31 bits per heavy atom. The van der Waals surface area contributed by atoms with Crippen LogP contribution in [0.5, 0.6) is 0 Å². The summed E-state index contributed by atoms with van der Waals surface area (Å²) in [5.74, 6) is 0. The largest absolute Gasteiger partial charge is 0.330 e. The van der Waals surface area contributed by atoms with Crippen LogP contribution >= 0.6 is 0 Å². The Balaban J connectivity index is 2.58. The quantitative estimate of drug-likeness (QED) is 0.851. The van der Waals surface area contributed by atoms with Crippen LogP contribution in [0.3, 0.4) is 0 Å². The van der Waals surface area contributed by atoms with Crippen LogP contribution in [0.25, 0.3) is 5.69 Å². The molecule has 0 aliphatic rings. The van der Waals surface area contributed by atoms with E-state index in [9.17, 15) is 0 Å². The van der Waals surface area contributed by atoms with Crippen molar-refractivity contribution >= 4 is 0 Å². The van der Waals surface area contributed by atoms with E-state index in [2.05, 4.69) is 31.1 Å². The van der Waals surface area contributed by atoms with Gasteiger partial charge in [-0.15, -0.1) is 0 Å². The maximum atomic E-state index is 5.65. The number of benzene rings is 1. The second kappa shape index (κ2) is 4.49. The average molecular weight is 215 g/mol. The van der Waals surface area contributed by atoms with Gasteiger partial charge >= 0.3 is 0 Å². The van der Waals surface area contributed by atoms with Crippen molar-refractivity contribution < 1.29 is 0 Å². The molecule has 0 bridgehead atoms. The van der Waals surface area contributed by atoms with E-state index in [1.165, 1.54) is 22.4 Å². The first-order valence-electron chi connectivity index (χ1n) is 5.52. The van der Waals surface area contributed by atoms with Crippen molar-refractivity contribution in [1.82, 2.24) is 9.78 Å². The van der Waals surface area contributed by atoms with Crippen LogP contribution in [-0.4, -0.2) is 16.3 Å². The first-order chi connectivity index (χ1) is 7.72. The fourth-order valence-corrected chi connectivity index (χ4v) is 2.12. The molecule has 3 nitrogen and oxygen atoms in total. The summed E-state index contributed by atoms with van der Waals surface area (Å²) in [5, 5.41) is 4.30. The predicted molar refractivity (Wildman–Crippen MR) is 65.8 cm³/mol. The zero-order valence-electron chi connectivity index (χ0n) is 9.77. The molecular formula is C13H17N3. The lowest BCUT2D eigenvalue weighted by Crippen LogP contribution is -2.09. The van der Waals surface area contributed by atoms with E-state index in [1.54, 1.807) is 6.20 Å². The lowest BCUT2D eigenvalue weighted by Gasteiger charge is -2.13. The molecule has 16 heavy (non-hydrogen) atoms. The van der Waals surface area contributed by atoms with Crippen LogP contribution in [0, 0.1) is 13.8 Å². The van der Waals surface area contributed by atoms with E-state index >= 15 is 0 Å². The standard InChI is InChI=1S/C13H17N3/c1-10-8-11(2)13(12(9-10)4-5-14)16-7-3-6-15-16/h3,6-9H,4-5,14H2,1-2H3. The summed E-state index contributed by atoms with van der Waals surface area (Å²) in [6.45, 7) is 4.89. The van der Waals surface area contributed by atoms with Crippen LogP contribution in [0.1, 0.15) is 16.7 Å². The highest BCUT2D eigenvalue weighted by Crippen LogP contribution is 2.21. The molecule has 0 fully saturated rings. The van der Waals surface area contributed by atoms with E-state index < -0.39 is 0 Å². The molecule has 1 aromatic heterocycles. The Morgan fingerprint density at radius 2 is 2.12 bits per heavy atom. The Bertz CT molecular complexity index is 472. The molecule has 0 spiro atoms. The number of nitrogens with two attached hydrogens (primary N) is 1. The third kappa shape index (κ3) is 1.99. The van der Waals surface area contributed by atoms with Crippen molar-refractivity contribution in [2.45, 2.75) is 20.3 Å². The van der Waals surface area contributed by atoms with Crippen molar-refractivity contribution in [3.8, 4) is 5.69 Å². The number of nitrogens with zero attached hydrogens (tertiary/aromatic N) is 2. The molecule has 1 heterocycles. The minimum Gasteiger partial charge on any atom is -0.330 e. The first-order valence-corrected chi connectivity index (χ1v) is 5.52. The van der Waals surface area contributed by atoms with Crippen LogP contribution in [0.2, 0.25) is 0 Å². The first kappa shape index (κ1) is 10.9. The van der Waals surface area contributed by atoms with Gasteiger partial charge in [0, 0.05) is 12.4 Å². The van der Waals surface area contributed by atoms with E-state index in [4.69, 9.17) is 5.73 Å². The molecule has 0 unspecified atom stereocenters. The minimum atomic E-state index is 0.664. The number of aromatic nitrogens is 2. The highest BCUT2D eigenvalue weighted by atomic mass is 15.3. The Labute approximate surface area is 95.9 Å². The third-order valence-corrected chi connectivity index (χ3v) is 2.67. The topological polar surface area (TPSA) is 43.8 Å². The molecule has 84 valence electrons. The number of rotatable bonds is 3. The third-order valence-electron chi connectivity index (χ3n) is 2.67. The molecule has 0 saturated carbocycles. The summed E-state index contributed by atoms with van der Waals surface area (Å²) in [6.07, 6.45) is 4.65. The van der Waals surface area contributed by atoms with E-state index in [0.717, 1.165) is 6.42 Å². The number of hydrogen-bond donors (Lipinski definition) is 1. The normalized spacial score (nSPS) is 10.7. The smallest absolute Gasteiger partial charge is 0.0707 e. The SMILES string of the molecule is Cc1cc(C)c(-n2cccn2)c(CCN)c1. The Kier molecular flexibility index (Phi) is 3.06. The molecule has 0 saturated heterocycles. The second-order valence-corrected chi connectivity index (χ2v) is 4.08. The van der Waals surface area contributed by atoms with E-state index in [-0.39, 0.29) is 0 Å². The summed E-state index contributed by atoms with van der Waals surface area (Å²) in [7, 11) is 0. The van der Waals surface area contributed by atoms with Crippen molar-refractivity contribution in [1.29, 1.82) is 0 Å². The molecular weight excluding hydrogens is 198 g/mol. The Hall–Kier alpha value is -1.61. The van der Waals surface area contributed by atoms with Crippen LogP contribution in [-0.2, 0) is 6.42 Å². The number of aryl methyl sites for hydroxylation is 2. The Morgan fingerprint density at radius 3 is 2.75 bits per heavy atom. The van der Waals surface area contributed by atoms with E-state index in [1.807, 2.05) is 16.9 Å². The molecule has 3 heteroatoms. The summed E-state index contributed by atoms with van der Waals surface area (Å²) >= 11 is 0. The zero-order chi connectivity index (χ0) is 11.5. The molecule has 0 aliphatic carbocycles. The van der Waals surface area contributed by atoms with Gasteiger partial charge in [-0.05, 0) is 44.0 Å². The van der Waals surface area contributed by atoms with Gasteiger partial charge in [-0.2, -0.15) is 5.10 Å². The summed E-state index contributed by atoms with van der Waals surface area (Å²) < 4.78 is 1.92. The average Bonchev–Trinajstić information content (AvgIpc) is 2.70. The van der Waals surface area contributed by atoms with Gasteiger partial charge in [-0.1, -0.05) is 17.7 Å². The lowest BCUT2D eigenvalue weighted by molar-refractivity contribution is 0.842. The minimum absolute atomic E-state index is 0.664. The maximum Gasteiger partial charge on any atom is 0.0707 e. The van der Waals surface area contributed by atoms with Gasteiger partial charge < -0.3 is 5.73 Å². The van der Waals surface area contributed by atoms with Gasteiger partial charge in [-0.25, -0.2) is 4.68 Å². The molecule has 0 amide bonds. The summed E-state index contributed by atoms with van der Waals surface area (Å²) in [6, 6.07) is 6.30. The van der Waals surface area contributed by atoms with Crippen molar-refractivity contribution in [2.75, 3.05) is 6.54 Å². The molecule has 2 N–H and O–H groups in total. The molecule has 0 atom stereocenters. The fraction of sp³-hybridized carbons (Fsp3) is 0.308. The zero-order valence-corrected chi connectivity index (χ0v) is 9.77. The van der Waals surface area contributed by atoms with E-state index in [0.29, 0.717) is 6.54 Å². The van der Waals surface area contributed by atoms with Gasteiger partial charge in [0.25, 0.3) is 0 Å². The van der Waals surface area contributed by atoms with Crippen LogP contribution in [0.15, 0.2) is 30.6 Å². The molecule has 0 aliphatic heterocycles. The highest BCUT2D eigenvalue weighted by Gasteiger charge is 2.08. The molecule has 0 radical (unpaired) electrons. The molecule has 2 aromatic rings. The van der Waals surface area contributed by atoms with Gasteiger partial charge in [0.05, 0.1) is 5.69 Å². The summed E-state index contributed by atoms with van der Waals surface area (Å²) in [4.78, 5) is 0. The van der Waals surface area contributed by atoms with Crippen LogP contribution < -0.4 is 5.73 Å². The van der Waals surface area contributed by atoms with Gasteiger partial charge in [0.2, 0.25) is 0 Å². The van der Waals surface area contributed by atoms with Crippen molar-refractivity contribution in [2.24, 2.45) is 5.73 Å². The monoisotopic (exact) mass is 215 g/mol. The van der Waals surface area contributed by atoms with Gasteiger partial charge in [0.15, 0.2) is 0 Å².